The van der Waals surface area contributed by atoms with Gasteiger partial charge in [-0.2, -0.15) is 0 Å². The molecular formula is C55H68HfSi. The second kappa shape index (κ2) is 14.2. The van der Waals surface area contributed by atoms with E-state index in [1.54, 1.807) is 16.3 Å². The molecule has 5 aromatic carbocycles. The molecule has 7 rings (SSSR count). The van der Waals surface area contributed by atoms with Gasteiger partial charge in [-0.25, -0.2) is 0 Å². The SMILES string of the molecule is C[Si](c1ccccc1)=[Hf]([CH3])([CH3])([CH]1C=Cc2c(-c3cc(C(C)(C)C)cc(C(C)(C)C)c3)cccc21)[CH]1C=Cc2c(-c3cc(C(C)(C)C)cc(C(C)(C)C)c3)cccc21. The first kappa shape index (κ1) is 41.8. The first-order chi connectivity index (χ1) is 26.4. The Morgan fingerprint density at radius 2 is 0.789 bits per heavy atom. The summed E-state index contributed by atoms with van der Waals surface area (Å²) in [5.41, 5.74) is 16.3. The first-order valence-electron chi connectivity index (χ1n) is 21.4. The molecule has 2 atom stereocenters. The molecule has 0 heterocycles. The average Bonchev–Trinajstić information content (AvgIpc) is 3.80. The van der Waals surface area contributed by atoms with E-state index in [2.05, 4.69) is 226 Å². The molecule has 0 saturated heterocycles. The van der Waals surface area contributed by atoms with Gasteiger partial charge in [-0.15, -0.1) is 0 Å². The van der Waals surface area contributed by atoms with Crippen LogP contribution >= 0.6 is 0 Å². The summed E-state index contributed by atoms with van der Waals surface area (Å²) in [4.78, 5) is 0. The van der Waals surface area contributed by atoms with Crippen molar-refractivity contribution in [3.05, 3.63) is 160 Å². The Kier molecular flexibility index (Phi) is 10.4. The number of rotatable bonds is 5. The van der Waals surface area contributed by atoms with Crippen LogP contribution < -0.4 is 5.19 Å². The van der Waals surface area contributed by atoms with Crippen molar-refractivity contribution in [1.29, 1.82) is 0 Å². The van der Waals surface area contributed by atoms with Crippen molar-refractivity contribution in [3.63, 3.8) is 0 Å². The third kappa shape index (κ3) is 7.46. The number of hydrogen-bond donors (Lipinski definition) is 0. The fourth-order valence-corrected chi connectivity index (χ4v) is 53.2. The molecular weight excluding hydrogens is 867 g/mol. The van der Waals surface area contributed by atoms with Crippen LogP contribution in [0.4, 0.5) is 0 Å². The van der Waals surface area contributed by atoms with Gasteiger partial charge in [0.2, 0.25) is 0 Å². The Balaban J connectivity index is 1.45. The Morgan fingerprint density at radius 3 is 1.12 bits per heavy atom. The summed E-state index contributed by atoms with van der Waals surface area (Å²) in [6.45, 7) is 30.9. The van der Waals surface area contributed by atoms with Gasteiger partial charge in [-0.1, -0.05) is 0 Å². The van der Waals surface area contributed by atoms with E-state index in [1.807, 2.05) is 0 Å². The van der Waals surface area contributed by atoms with Crippen molar-refractivity contribution in [2.45, 2.75) is 128 Å². The molecule has 57 heavy (non-hydrogen) atoms. The summed E-state index contributed by atoms with van der Waals surface area (Å²) >= 11 is -4.22. The zero-order valence-corrected chi connectivity index (χ0v) is 42.4. The Labute approximate surface area is 347 Å². The molecule has 0 spiro atoms. The summed E-state index contributed by atoms with van der Waals surface area (Å²) in [6, 6.07) is 40.9. The maximum absolute atomic E-state index is 4.22. The third-order valence-corrected chi connectivity index (χ3v) is 68.8. The van der Waals surface area contributed by atoms with Gasteiger partial charge in [0.15, 0.2) is 0 Å². The van der Waals surface area contributed by atoms with Crippen LogP contribution in [0.25, 0.3) is 34.4 Å². The molecule has 0 bridgehead atoms. The fraction of sp³-hybridized carbons (Fsp3) is 0.382. The molecule has 0 saturated carbocycles. The number of hydrogen-bond acceptors (Lipinski definition) is 0. The van der Waals surface area contributed by atoms with Crippen molar-refractivity contribution < 1.29 is 17.1 Å². The van der Waals surface area contributed by atoms with E-state index in [0.717, 1.165) is 0 Å². The zero-order valence-electron chi connectivity index (χ0n) is 37.8. The van der Waals surface area contributed by atoms with E-state index in [9.17, 15) is 0 Å². The predicted molar refractivity (Wildman–Crippen MR) is 252 cm³/mol. The second-order valence-corrected chi connectivity index (χ2v) is 68.5. The molecule has 2 unspecified atom stereocenters. The fourth-order valence-electron chi connectivity index (χ4n) is 9.83. The monoisotopic (exact) mass is 936 g/mol. The molecule has 2 heteroatoms. The second-order valence-electron chi connectivity index (χ2n) is 22.5. The summed E-state index contributed by atoms with van der Waals surface area (Å²) < 4.78 is 6.60. The standard InChI is InChI=1S/2C23H27.C7H8Si.2CH3.Hf/c2*1-22(2,3)18-13-17(14-19(15-18)23(4,5)6)21-12-8-10-16-9-7-11-20(16)21;1-8-7-5-3-2-4-6-7;;;/h2*7-15H,1-6H3;2-6H,1H3;2*1H3;. The van der Waals surface area contributed by atoms with E-state index < -0.39 is 22.6 Å². The third-order valence-electron chi connectivity index (χ3n) is 14.1. The van der Waals surface area contributed by atoms with Gasteiger partial charge in [0.25, 0.3) is 0 Å². The van der Waals surface area contributed by atoms with Crippen LogP contribution in [-0.2, 0) is 38.8 Å². The van der Waals surface area contributed by atoms with Crippen LogP contribution in [0.1, 0.15) is 135 Å². The molecule has 2 aliphatic carbocycles. The summed E-state index contributed by atoms with van der Waals surface area (Å²) in [7, 11) is 0. The van der Waals surface area contributed by atoms with Crippen LogP contribution in [0, 0.1) is 0 Å². The number of allylic oxidation sites excluding steroid dienone is 2. The van der Waals surface area contributed by atoms with E-state index in [-0.39, 0.29) is 21.7 Å². The molecule has 0 fully saturated rings. The zero-order chi connectivity index (χ0) is 41.5. The van der Waals surface area contributed by atoms with Gasteiger partial charge in [-0.3, -0.25) is 0 Å². The van der Waals surface area contributed by atoms with E-state index >= 15 is 0 Å². The summed E-state index contributed by atoms with van der Waals surface area (Å²) in [6.07, 6.45) is 10.4. The van der Waals surface area contributed by atoms with E-state index in [4.69, 9.17) is 0 Å². The molecule has 296 valence electrons. The van der Waals surface area contributed by atoms with Gasteiger partial charge in [-0.05, 0) is 0 Å². The molecule has 5 aromatic rings. The topological polar surface area (TPSA) is 0 Å². The van der Waals surface area contributed by atoms with Gasteiger partial charge < -0.3 is 0 Å². The van der Waals surface area contributed by atoms with Crippen molar-refractivity contribution >= 4 is 22.8 Å². The molecule has 0 nitrogen and oxygen atoms in total. The molecule has 0 N–H and O–H groups in total. The van der Waals surface area contributed by atoms with Crippen molar-refractivity contribution in [3.8, 4) is 22.3 Å². The summed E-state index contributed by atoms with van der Waals surface area (Å²) in [5.74, 6) is 0. The minimum atomic E-state index is -4.22. The van der Waals surface area contributed by atoms with Gasteiger partial charge >= 0.3 is 350 Å². The van der Waals surface area contributed by atoms with E-state index in [0.29, 0.717) is 7.35 Å². The van der Waals surface area contributed by atoms with Crippen LogP contribution in [0.2, 0.25) is 15.9 Å². The Bertz CT molecular complexity index is 2290. The van der Waals surface area contributed by atoms with E-state index in [1.165, 1.54) is 55.6 Å². The van der Waals surface area contributed by atoms with Crippen LogP contribution in [0.15, 0.2) is 115 Å². The molecule has 2 aliphatic rings. The first-order valence-corrected chi connectivity index (χ1v) is 40.2. The Morgan fingerprint density at radius 1 is 0.439 bits per heavy atom. The van der Waals surface area contributed by atoms with Crippen molar-refractivity contribution in [2.75, 3.05) is 0 Å². The van der Waals surface area contributed by atoms with Gasteiger partial charge in [0.05, 0.1) is 0 Å². The van der Waals surface area contributed by atoms with Gasteiger partial charge in [0, 0.05) is 0 Å². The number of fused-ring (bicyclic) bond motifs is 2. The predicted octanol–water partition coefficient (Wildman–Crippen LogP) is 15.4. The van der Waals surface area contributed by atoms with Crippen molar-refractivity contribution in [1.82, 2.24) is 0 Å². The molecule has 0 amide bonds. The maximum atomic E-state index is 2.86. The van der Waals surface area contributed by atoms with Crippen LogP contribution in [0.3, 0.4) is 0 Å². The minimum absolute atomic E-state index is 0.0635. The quantitative estimate of drug-likeness (QED) is 0.154. The molecule has 0 radical (unpaired) electrons. The average molecular weight is 936 g/mol. The van der Waals surface area contributed by atoms with Crippen LogP contribution in [-0.4, -0.2) is 5.49 Å². The van der Waals surface area contributed by atoms with Crippen LogP contribution in [0.5, 0.6) is 0 Å². The molecule has 0 aromatic heterocycles. The Hall–Kier alpha value is -3.33. The molecule has 0 aliphatic heterocycles. The number of benzene rings is 5. The summed E-state index contributed by atoms with van der Waals surface area (Å²) in [5, 5.41) is 1.58. The normalized spacial score (nSPS) is 17.2. The van der Waals surface area contributed by atoms with Gasteiger partial charge in [0.1, 0.15) is 0 Å². The van der Waals surface area contributed by atoms with Crippen molar-refractivity contribution in [2.24, 2.45) is 0 Å².